The number of allylic oxidation sites excluding steroid dienone is 7. The monoisotopic (exact) mass is 1010 g/mol. The number of unbranched alkanes of at least 4 members (excludes halogenated alkanes) is 9. The van der Waals surface area contributed by atoms with Crippen LogP contribution in [0.15, 0.2) is 60.8 Å². The van der Waals surface area contributed by atoms with Crippen LogP contribution in [0.2, 0.25) is 0 Å². The lowest BCUT2D eigenvalue weighted by Crippen LogP contribution is -2.56. The van der Waals surface area contributed by atoms with E-state index >= 15 is 0 Å². The van der Waals surface area contributed by atoms with Gasteiger partial charge in [-0.15, -0.1) is 0 Å². The van der Waals surface area contributed by atoms with Crippen LogP contribution in [0.4, 0.5) is 0 Å². The Morgan fingerprint density at radius 3 is 2.09 bits per heavy atom. The summed E-state index contributed by atoms with van der Waals surface area (Å²) in [5.41, 5.74) is 0. The molecule has 1 saturated carbocycles. The van der Waals surface area contributed by atoms with E-state index in [1.807, 2.05) is 25.2 Å². The van der Waals surface area contributed by atoms with Gasteiger partial charge >= 0.3 is 27.6 Å². The number of carbonyl (C=O) groups is 2. The summed E-state index contributed by atoms with van der Waals surface area (Å²) in [5, 5.41) is 79.4. The molecule has 1 heterocycles. The second-order valence-corrected chi connectivity index (χ2v) is 20.1. The van der Waals surface area contributed by atoms with Crippen molar-refractivity contribution in [2.45, 2.75) is 197 Å². The fourth-order valence-electron chi connectivity index (χ4n) is 7.77. The fourth-order valence-corrected chi connectivity index (χ4v) is 9.30. The maximum absolute atomic E-state index is 13.7. The zero-order valence-corrected chi connectivity index (χ0v) is 41.4. The Labute approximate surface area is 401 Å². The lowest BCUT2D eigenvalue weighted by atomic mass is 9.83. The largest absolute Gasteiger partial charge is 0.472 e. The highest BCUT2D eigenvalue weighted by Crippen LogP contribution is 2.49. The van der Waals surface area contributed by atoms with E-state index in [0.29, 0.717) is 25.7 Å². The molecule has 0 radical (unpaired) electrons. The first-order chi connectivity index (χ1) is 32.3. The van der Waals surface area contributed by atoms with Crippen molar-refractivity contribution in [2.75, 3.05) is 13.2 Å². The number of ether oxygens (including phenoxy) is 2. The number of fused-ring (bicyclic) bond motifs is 4. The fraction of sp³-hybridized carbons (Fsp3) is 0.745. The molecule has 0 aromatic heterocycles. The summed E-state index contributed by atoms with van der Waals surface area (Å²) in [4.78, 5) is 56.6. The van der Waals surface area contributed by atoms with Gasteiger partial charge in [0.2, 0.25) is 0 Å². The van der Waals surface area contributed by atoms with Crippen LogP contribution in [0.5, 0.6) is 0 Å². The van der Waals surface area contributed by atoms with E-state index in [9.17, 15) is 69.1 Å². The molecule has 2 rings (SSSR count). The third kappa shape index (κ3) is 25.6. The molecular formula is C47H80O19P2. The molecule has 21 heteroatoms. The molecule has 1 unspecified atom stereocenters. The average molecular weight is 1010 g/mol. The Morgan fingerprint density at radius 2 is 1.43 bits per heavy atom. The topological polar surface area (TPSA) is 317 Å². The Kier molecular flexibility index (Phi) is 30.9. The predicted molar refractivity (Wildman–Crippen MR) is 252 cm³/mol. The number of cyclic esters (lactones) is 1. The molecule has 0 spiro atoms. The minimum absolute atomic E-state index is 0.109. The van der Waals surface area contributed by atoms with Gasteiger partial charge in [-0.25, -0.2) is 9.13 Å². The summed E-state index contributed by atoms with van der Waals surface area (Å²) in [6, 6.07) is 0. The van der Waals surface area contributed by atoms with Crippen molar-refractivity contribution in [3.8, 4) is 0 Å². The maximum atomic E-state index is 13.7. The Bertz CT molecular complexity index is 1670. The van der Waals surface area contributed by atoms with Gasteiger partial charge in [-0.1, -0.05) is 126 Å². The molecule has 392 valence electrons. The van der Waals surface area contributed by atoms with Crippen LogP contribution in [0.25, 0.3) is 0 Å². The quantitative estimate of drug-likeness (QED) is 0.0249. The van der Waals surface area contributed by atoms with Gasteiger partial charge in [-0.2, -0.15) is 0 Å². The van der Waals surface area contributed by atoms with E-state index in [-0.39, 0.29) is 19.3 Å². The molecule has 2 bridgehead atoms. The minimum Gasteiger partial charge on any atom is -0.461 e. The van der Waals surface area contributed by atoms with E-state index in [0.717, 1.165) is 31.8 Å². The number of hydrogen-bond acceptors (Lipinski definition) is 16. The van der Waals surface area contributed by atoms with Crippen molar-refractivity contribution >= 4 is 27.6 Å². The van der Waals surface area contributed by atoms with Gasteiger partial charge in [-0.3, -0.25) is 23.2 Å². The number of phosphoric acid groups is 2. The summed E-state index contributed by atoms with van der Waals surface area (Å²) in [6.45, 7) is 2.47. The van der Waals surface area contributed by atoms with Gasteiger partial charge in [0.15, 0.2) is 6.10 Å². The molecule has 0 aromatic rings. The highest BCUT2D eigenvalue weighted by Gasteiger charge is 2.51. The molecule has 0 aromatic carbocycles. The second kappa shape index (κ2) is 34.0. The molecule has 0 amide bonds. The Morgan fingerprint density at radius 1 is 0.809 bits per heavy atom. The highest BCUT2D eigenvalue weighted by molar-refractivity contribution is 7.47. The average Bonchev–Trinajstić information content (AvgIpc) is 3.28. The first-order valence-electron chi connectivity index (χ1n) is 24.1. The summed E-state index contributed by atoms with van der Waals surface area (Å²) in [5.74, 6) is -4.83. The molecular weight excluding hydrogens is 930 g/mol. The van der Waals surface area contributed by atoms with Crippen molar-refractivity contribution in [2.24, 2.45) is 11.8 Å². The van der Waals surface area contributed by atoms with E-state index in [4.69, 9.17) is 23.0 Å². The normalized spacial score (nSPS) is 31.9. The lowest BCUT2D eigenvalue weighted by molar-refractivity contribution is -0.165. The first kappa shape index (κ1) is 61.7. The number of aliphatic hydroxyl groups excluding tert-OH is 7. The van der Waals surface area contributed by atoms with Gasteiger partial charge < -0.3 is 59.9 Å². The van der Waals surface area contributed by atoms with Crippen molar-refractivity contribution in [1.29, 1.82) is 0 Å². The maximum Gasteiger partial charge on any atom is 0.472 e. The van der Waals surface area contributed by atoms with E-state index in [1.165, 1.54) is 56.8 Å². The number of esters is 2. The van der Waals surface area contributed by atoms with Crippen molar-refractivity contribution < 1.29 is 92.2 Å². The van der Waals surface area contributed by atoms with E-state index in [1.54, 1.807) is 0 Å². The predicted octanol–water partition coefficient (Wildman–Crippen LogP) is 5.44. The van der Waals surface area contributed by atoms with Crippen LogP contribution in [0, 0.1) is 11.8 Å². The molecule has 19 nitrogen and oxygen atoms in total. The summed E-state index contributed by atoms with van der Waals surface area (Å²) < 4.78 is 51.9. The van der Waals surface area contributed by atoms with Gasteiger partial charge in [0.1, 0.15) is 31.0 Å². The van der Waals surface area contributed by atoms with E-state index in [2.05, 4.69) is 25.2 Å². The minimum atomic E-state index is -5.77. The first-order valence-corrected chi connectivity index (χ1v) is 27.1. The number of rotatable bonds is 24. The third-order valence-corrected chi connectivity index (χ3v) is 13.2. The zero-order valence-electron chi connectivity index (χ0n) is 39.6. The number of aliphatic hydroxyl groups is 7. The summed E-state index contributed by atoms with van der Waals surface area (Å²) >= 11 is 0. The molecule has 68 heavy (non-hydrogen) atoms. The molecule has 13 atom stereocenters. The molecule has 10 N–H and O–H groups in total. The van der Waals surface area contributed by atoms with Crippen LogP contribution in [0.3, 0.4) is 0 Å². The van der Waals surface area contributed by atoms with Crippen LogP contribution in [-0.2, 0) is 41.8 Å². The number of hydrogen-bond donors (Lipinski definition) is 10. The molecule has 1 fully saturated rings. The van der Waals surface area contributed by atoms with Crippen LogP contribution < -0.4 is 0 Å². The van der Waals surface area contributed by atoms with Gasteiger partial charge in [0.25, 0.3) is 0 Å². The van der Waals surface area contributed by atoms with Crippen molar-refractivity contribution in [3.63, 3.8) is 0 Å². The standard InChI is InChI=1S/C47H80O19P2/c1-3-5-7-8-9-10-11-12-13-14-15-16-17-18-19-20-22-28-41(52)64-35-32-62-40(51)27-24-23-26-36-38(49)31-39(50)37(30-29-34(48)25-21-6-4-2)43(54)46(65-67(57,58)59)47(45(56)44(55)42(36)53)66-68(60,61)63-33-35/h12-13,15-16,18-19,23-24,29-30,34-39,42-50,53-56H,3-11,14,17,20-22,25-28,31-33H2,1-2H3,(H,60,61)(H2,57,58,59)/b13-12-,16-15-,19-18-,24-23-,30-29+/t34-,35-,36-,37+,38+,39-,42-,43-,44+,45-,46-,47+/m1/s1. The summed E-state index contributed by atoms with van der Waals surface area (Å²) in [7, 11) is -11.5. The number of carbonyl (C=O) groups excluding carboxylic acids is 2. The van der Waals surface area contributed by atoms with Crippen molar-refractivity contribution in [3.05, 3.63) is 60.8 Å². The second-order valence-electron chi connectivity index (χ2n) is 17.5. The zero-order chi connectivity index (χ0) is 50.5. The lowest BCUT2D eigenvalue weighted by Gasteiger charge is -2.38. The Hall–Kier alpha value is -2.42. The number of phosphoric ester groups is 2. The molecule has 1 aliphatic carbocycles. The SMILES string of the molecule is CCCCCCCC/C=C\C/C=C\C/C=C\CCCC(=O)O[C@@H]1COC(=O)C/C=C\C[C@H]2[C@@H](O)[C@H](O)[C@@H](O)[C@H](OP(=O)(O)OC1)[C@H](OP(=O)(O)O)[C@H](O)[C@@H](/C=C/[C@H](O)CCCCC)[C@H](O)C[C@@H]2O. The van der Waals surface area contributed by atoms with Crippen LogP contribution in [-0.4, -0.2) is 137 Å². The highest BCUT2D eigenvalue weighted by atomic mass is 31.2. The molecule has 0 saturated heterocycles. The molecule has 2 aliphatic rings. The van der Waals surface area contributed by atoms with E-state index < -0.39 is 127 Å². The van der Waals surface area contributed by atoms with Gasteiger partial charge in [-0.05, 0) is 51.4 Å². The van der Waals surface area contributed by atoms with Crippen molar-refractivity contribution in [1.82, 2.24) is 0 Å². The molecule has 1 aliphatic heterocycles. The smallest absolute Gasteiger partial charge is 0.461 e. The Balaban J connectivity index is 2.31. The van der Waals surface area contributed by atoms with Crippen LogP contribution >= 0.6 is 15.6 Å². The van der Waals surface area contributed by atoms with Gasteiger partial charge in [0, 0.05) is 24.7 Å². The summed E-state index contributed by atoms with van der Waals surface area (Å²) in [6.07, 6.45) is 7.97. The van der Waals surface area contributed by atoms with Gasteiger partial charge in [0.05, 0.1) is 43.5 Å². The third-order valence-electron chi connectivity index (χ3n) is 11.7. The van der Waals surface area contributed by atoms with Crippen LogP contribution in [0.1, 0.15) is 136 Å².